The van der Waals surface area contributed by atoms with Gasteiger partial charge >= 0.3 is 0 Å². The lowest BCUT2D eigenvalue weighted by molar-refractivity contribution is -0.131. The van der Waals surface area contributed by atoms with E-state index in [1.54, 1.807) is 6.26 Å². The number of rotatable bonds is 5. The molecule has 24 heavy (non-hydrogen) atoms. The van der Waals surface area contributed by atoms with E-state index in [2.05, 4.69) is 28.9 Å². The van der Waals surface area contributed by atoms with Crippen LogP contribution >= 0.6 is 0 Å². The predicted octanol–water partition coefficient (Wildman–Crippen LogP) is 3.63. The second-order valence-corrected chi connectivity index (χ2v) is 7.59. The number of nitrogens with zero attached hydrogens (tertiary/aromatic N) is 3. The van der Waals surface area contributed by atoms with Crippen LogP contribution in [-0.2, 0) is 4.79 Å². The Bertz CT molecular complexity index is 511. The van der Waals surface area contributed by atoms with E-state index < -0.39 is 0 Å². The van der Waals surface area contributed by atoms with Crippen molar-refractivity contribution >= 4 is 5.91 Å². The van der Waals surface area contributed by atoms with Crippen molar-refractivity contribution in [2.75, 3.05) is 20.1 Å². The second-order valence-electron chi connectivity index (χ2n) is 7.59. The van der Waals surface area contributed by atoms with Crippen LogP contribution in [0.1, 0.15) is 70.0 Å². The summed E-state index contributed by atoms with van der Waals surface area (Å²) in [5.74, 6) is 1.08. The minimum atomic E-state index is 0.216. The molecule has 134 valence electrons. The molecule has 1 amide bonds. The molecule has 2 fully saturated rings. The monoisotopic (exact) mass is 333 g/mol. The predicted molar refractivity (Wildman–Crippen MR) is 93.5 cm³/mol. The summed E-state index contributed by atoms with van der Waals surface area (Å²) in [4.78, 5) is 17.0. The van der Waals surface area contributed by atoms with Crippen LogP contribution in [0.5, 0.6) is 0 Å². The maximum atomic E-state index is 12.5. The highest BCUT2D eigenvalue weighted by molar-refractivity contribution is 5.76. The fourth-order valence-corrected chi connectivity index (χ4v) is 4.27. The van der Waals surface area contributed by atoms with E-state index in [-0.39, 0.29) is 6.04 Å². The first kappa shape index (κ1) is 17.5. The number of carbonyl (C=O) groups is 1. The first-order valence-corrected chi connectivity index (χ1v) is 9.55. The molecule has 0 spiro atoms. The summed E-state index contributed by atoms with van der Waals surface area (Å²) >= 11 is 0. The molecule has 0 bridgehead atoms. The minimum absolute atomic E-state index is 0.216. The number of hydrogen-bond acceptors (Lipinski definition) is 4. The standard InChI is InChI=1S/C19H31N3O2/c1-15(18-11-13-24-20-18)21(2)17-8-9-19(23)22(12-10-17)14-16-6-4-3-5-7-16/h11,13,15-17H,3-10,12,14H2,1-2H3. The van der Waals surface area contributed by atoms with Gasteiger partial charge in [-0.25, -0.2) is 0 Å². The lowest BCUT2D eigenvalue weighted by atomic mass is 9.89. The van der Waals surface area contributed by atoms with Crippen molar-refractivity contribution in [2.45, 2.75) is 70.4 Å². The van der Waals surface area contributed by atoms with Gasteiger partial charge in [0.25, 0.3) is 0 Å². The van der Waals surface area contributed by atoms with Gasteiger partial charge in [0.1, 0.15) is 12.0 Å². The first-order chi connectivity index (χ1) is 11.6. The van der Waals surface area contributed by atoms with E-state index in [0.29, 0.717) is 18.4 Å². The molecule has 3 rings (SSSR count). The zero-order chi connectivity index (χ0) is 16.9. The molecular weight excluding hydrogens is 302 g/mol. The van der Waals surface area contributed by atoms with Gasteiger partial charge in [-0.1, -0.05) is 24.4 Å². The van der Waals surface area contributed by atoms with Gasteiger partial charge in [-0.2, -0.15) is 0 Å². The largest absolute Gasteiger partial charge is 0.364 e. The van der Waals surface area contributed by atoms with Gasteiger partial charge in [0.2, 0.25) is 5.91 Å². The Hall–Kier alpha value is -1.36. The molecule has 2 heterocycles. The van der Waals surface area contributed by atoms with Crippen LogP contribution in [0.4, 0.5) is 0 Å². The Labute approximate surface area is 145 Å². The van der Waals surface area contributed by atoms with Crippen molar-refractivity contribution < 1.29 is 9.32 Å². The van der Waals surface area contributed by atoms with E-state index in [1.807, 2.05) is 6.07 Å². The fraction of sp³-hybridized carbons (Fsp3) is 0.789. The van der Waals surface area contributed by atoms with Crippen LogP contribution in [0.25, 0.3) is 0 Å². The average molecular weight is 333 g/mol. The highest BCUT2D eigenvalue weighted by Crippen LogP contribution is 2.28. The summed E-state index contributed by atoms with van der Waals surface area (Å²) in [6, 6.07) is 2.57. The molecule has 1 aliphatic heterocycles. The normalized spacial score (nSPS) is 25.0. The van der Waals surface area contributed by atoms with Crippen molar-refractivity contribution in [2.24, 2.45) is 5.92 Å². The van der Waals surface area contributed by atoms with E-state index in [9.17, 15) is 4.79 Å². The Morgan fingerprint density at radius 2 is 2.08 bits per heavy atom. The summed E-state index contributed by atoms with van der Waals surface area (Å²) in [5, 5.41) is 4.07. The highest BCUT2D eigenvalue weighted by Gasteiger charge is 2.29. The Balaban J connectivity index is 1.56. The Morgan fingerprint density at radius 3 is 2.79 bits per heavy atom. The van der Waals surface area contributed by atoms with Gasteiger partial charge in [-0.3, -0.25) is 9.69 Å². The van der Waals surface area contributed by atoms with Crippen molar-refractivity contribution in [3.05, 3.63) is 18.0 Å². The third-order valence-electron chi connectivity index (χ3n) is 6.05. The van der Waals surface area contributed by atoms with Crippen LogP contribution in [0.15, 0.2) is 16.9 Å². The molecule has 5 nitrogen and oxygen atoms in total. The lowest BCUT2D eigenvalue weighted by Crippen LogP contribution is -2.37. The second kappa shape index (κ2) is 8.15. The summed E-state index contributed by atoms with van der Waals surface area (Å²) in [6.45, 7) is 4.04. The Morgan fingerprint density at radius 1 is 1.29 bits per heavy atom. The summed E-state index contributed by atoms with van der Waals surface area (Å²) < 4.78 is 4.98. The summed E-state index contributed by atoms with van der Waals surface area (Å²) in [6.07, 6.45) is 11.0. The SMILES string of the molecule is CC(c1ccon1)N(C)C1CCC(=O)N(CC2CCCCC2)CC1. The molecule has 2 atom stereocenters. The number of likely N-dealkylation sites (tertiary alicyclic amines) is 1. The van der Waals surface area contributed by atoms with Crippen molar-refractivity contribution in [1.82, 2.24) is 15.0 Å². The molecule has 1 aromatic rings. The maximum Gasteiger partial charge on any atom is 0.222 e. The zero-order valence-corrected chi connectivity index (χ0v) is 15.1. The maximum absolute atomic E-state index is 12.5. The third kappa shape index (κ3) is 4.18. The molecule has 0 aromatic carbocycles. The molecule has 0 N–H and O–H groups in total. The fourth-order valence-electron chi connectivity index (χ4n) is 4.27. The zero-order valence-electron chi connectivity index (χ0n) is 15.1. The summed E-state index contributed by atoms with van der Waals surface area (Å²) in [7, 11) is 2.14. The third-order valence-corrected chi connectivity index (χ3v) is 6.05. The molecule has 5 heteroatoms. The minimum Gasteiger partial charge on any atom is -0.364 e. The molecule has 2 unspecified atom stereocenters. The van der Waals surface area contributed by atoms with E-state index in [0.717, 1.165) is 37.5 Å². The van der Waals surface area contributed by atoms with Crippen LogP contribution in [0, 0.1) is 5.92 Å². The highest BCUT2D eigenvalue weighted by atomic mass is 16.5. The average Bonchev–Trinajstić information content (AvgIpc) is 3.08. The molecule has 0 radical (unpaired) electrons. The van der Waals surface area contributed by atoms with E-state index in [1.165, 1.54) is 32.1 Å². The smallest absolute Gasteiger partial charge is 0.222 e. The van der Waals surface area contributed by atoms with Gasteiger partial charge in [-0.15, -0.1) is 0 Å². The van der Waals surface area contributed by atoms with Gasteiger partial charge in [0.05, 0.1) is 6.04 Å². The quantitative estimate of drug-likeness (QED) is 0.825. The molecule has 1 saturated carbocycles. The van der Waals surface area contributed by atoms with Crippen LogP contribution in [0.3, 0.4) is 0 Å². The van der Waals surface area contributed by atoms with Gasteiger partial charge in [0.15, 0.2) is 0 Å². The molecule has 1 aromatic heterocycles. The topological polar surface area (TPSA) is 49.6 Å². The number of aromatic nitrogens is 1. The summed E-state index contributed by atoms with van der Waals surface area (Å²) in [5.41, 5.74) is 0.965. The van der Waals surface area contributed by atoms with Crippen molar-refractivity contribution in [3.63, 3.8) is 0 Å². The van der Waals surface area contributed by atoms with E-state index in [4.69, 9.17) is 4.52 Å². The number of hydrogen-bond donors (Lipinski definition) is 0. The van der Waals surface area contributed by atoms with Crippen molar-refractivity contribution in [1.29, 1.82) is 0 Å². The van der Waals surface area contributed by atoms with Gasteiger partial charge in [-0.05, 0) is 45.6 Å². The lowest BCUT2D eigenvalue weighted by Gasteiger charge is -2.32. The molecule has 1 saturated heterocycles. The van der Waals surface area contributed by atoms with Gasteiger partial charge < -0.3 is 9.42 Å². The van der Waals surface area contributed by atoms with Gasteiger partial charge in [0, 0.05) is 31.6 Å². The molecular formula is C19H31N3O2. The van der Waals surface area contributed by atoms with Crippen LogP contribution < -0.4 is 0 Å². The number of amides is 1. The van der Waals surface area contributed by atoms with Crippen LogP contribution in [-0.4, -0.2) is 47.0 Å². The van der Waals surface area contributed by atoms with Crippen molar-refractivity contribution in [3.8, 4) is 0 Å². The number of carbonyl (C=O) groups excluding carboxylic acids is 1. The molecule has 1 aliphatic carbocycles. The molecule has 2 aliphatic rings. The Kier molecular flexibility index (Phi) is 5.93. The first-order valence-electron chi connectivity index (χ1n) is 9.55. The van der Waals surface area contributed by atoms with E-state index >= 15 is 0 Å². The van der Waals surface area contributed by atoms with Crippen LogP contribution in [0.2, 0.25) is 0 Å².